The van der Waals surface area contributed by atoms with Gasteiger partial charge in [-0.25, -0.2) is 9.78 Å². The highest BCUT2D eigenvalue weighted by Gasteiger charge is 2.23. The second kappa shape index (κ2) is 10.5. The number of hydrogen-bond donors (Lipinski definition) is 1. The van der Waals surface area contributed by atoms with Crippen molar-refractivity contribution in [2.45, 2.75) is 45.1 Å². The van der Waals surface area contributed by atoms with E-state index in [1.807, 2.05) is 29.2 Å². The van der Waals surface area contributed by atoms with E-state index in [2.05, 4.69) is 21.1 Å². The number of aryl methyl sites for hydroxylation is 3. The summed E-state index contributed by atoms with van der Waals surface area (Å²) in [6.45, 7) is 3.94. The van der Waals surface area contributed by atoms with E-state index in [0.29, 0.717) is 45.6 Å². The molecule has 0 radical (unpaired) electrons. The molecule has 1 aromatic heterocycles. The van der Waals surface area contributed by atoms with Crippen LogP contribution in [0.25, 0.3) is 0 Å². The van der Waals surface area contributed by atoms with Crippen LogP contribution < -0.4 is 10.1 Å². The van der Waals surface area contributed by atoms with Gasteiger partial charge in [0.15, 0.2) is 0 Å². The van der Waals surface area contributed by atoms with Crippen LogP contribution in [0, 0.1) is 0 Å². The van der Waals surface area contributed by atoms with Gasteiger partial charge in [-0.1, -0.05) is 12.1 Å². The Morgan fingerprint density at radius 3 is 2.47 bits per heavy atom. The number of amides is 3. The molecule has 2 aliphatic heterocycles. The van der Waals surface area contributed by atoms with E-state index < -0.39 is 0 Å². The van der Waals surface area contributed by atoms with E-state index in [0.717, 1.165) is 36.4 Å². The van der Waals surface area contributed by atoms with Crippen LogP contribution in [0.2, 0.25) is 0 Å². The molecule has 0 saturated carbocycles. The fourth-order valence-electron chi connectivity index (χ4n) is 4.36. The van der Waals surface area contributed by atoms with Crippen molar-refractivity contribution in [3.63, 3.8) is 0 Å². The highest BCUT2D eigenvalue weighted by molar-refractivity contribution is 5.78. The molecule has 3 heterocycles. The van der Waals surface area contributed by atoms with Crippen LogP contribution in [-0.2, 0) is 30.6 Å². The Labute approximate surface area is 189 Å². The van der Waals surface area contributed by atoms with Crippen molar-refractivity contribution in [3.05, 3.63) is 47.5 Å². The number of methoxy groups -OCH3 is 1. The number of carbonyl (C=O) groups is 2. The van der Waals surface area contributed by atoms with E-state index in [-0.39, 0.29) is 11.9 Å². The third-order valence-corrected chi connectivity index (χ3v) is 6.32. The third kappa shape index (κ3) is 5.60. The maximum absolute atomic E-state index is 12.6. The van der Waals surface area contributed by atoms with Crippen LogP contribution in [0.1, 0.15) is 36.3 Å². The molecule has 0 bridgehead atoms. The number of aromatic nitrogens is 2. The molecule has 4 rings (SSSR count). The minimum atomic E-state index is -0.0562. The topological polar surface area (TPSA) is 79.7 Å². The van der Waals surface area contributed by atoms with Crippen molar-refractivity contribution >= 4 is 11.9 Å². The van der Waals surface area contributed by atoms with Crippen molar-refractivity contribution in [2.75, 3.05) is 39.8 Å². The van der Waals surface area contributed by atoms with Crippen molar-refractivity contribution in [3.8, 4) is 5.75 Å². The van der Waals surface area contributed by atoms with Gasteiger partial charge < -0.3 is 24.4 Å². The number of imidazole rings is 1. The summed E-state index contributed by atoms with van der Waals surface area (Å²) in [6, 6.07) is 7.76. The number of nitrogens with zero attached hydrogens (tertiary/aromatic N) is 4. The Morgan fingerprint density at radius 2 is 1.75 bits per heavy atom. The van der Waals surface area contributed by atoms with E-state index in [1.54, 1.807) is 12.0 Å². The lowest BCUT2D eigenvalue weighted by Gasteiger charge is -2.34. The minimum absolute atomic E-state index is 0.0562. The van der Waals surface area contributed by atoms with Crippen LogP contribution in [0.15, 0.2) is 30.5 Å². The van der Waals surface area contributed by atoms with Crippen molar-refractivity contribution < 1.29 is 14.3 Å². The predicted octanol–water partition coefficient (Wildman–Crippen LogP) is 2.26. The SMILES string of the molecule is COc1ccc(CCC(=O)N2CCN(C(=O)NCCc3cn4c(n3)CCCC4)CC2)cc1. The summed E-state index contributed by atoms with van der Waals surface area (Å²) in [5.41, 5.74) is 2.17. The van der Waals surface area contributed by atoms with Crippen molar-refractivity contribution in [1.82, 2.24) is 24.7 Å². The van der Waals surface area contributed by atoms with Gasteiger partial charge in [-0.15, -0.1) is 0 Å². The third-order valence-electron chi connectivity index (χ3n) is 6.32. The summed E-state index contributed by atoms with van der Waals surface area (Å²) in [5, 5.41) is 3.01. The highest BCUT2D eigenvalue weighted by Crippen LogP contribution is 2.15. The van der Waals surface area contributed by atoms with E-state index in [1.165, 1.54) is 18.7 Å². The molecule has 1 fully saturated rings. The summed E-state index contributed by atoms with van der Waals surface area (Å²) < 4.78 is 7.41. The molecule has 0 atom stereocenters. The summed E-state index contributed by atoms with van der Waals surface area (Å²) >= 11 is 0. The Balaban J connectivity index is 1.14. The van der Waals surface area contributed by atoms with Crippen LogP contribution in [0.5, 0.6) is 5.75 Å². The second-order valence-corrected chi connectivity index (χ2v) is 8.50. The Bertz CT molecular complexity index is 893. The van der Waals surface area contributed by atoms with Crippen molar-refractivity contribution in [1.29, 1.82) is 0 Å². The molecule has 0 aliphatic carbocycles. The number of piperazine rings is 1. The number of benzene rings is 1. The normalized spacial score (nSPS) is 15.9. The van der Waals surface area contributed by atoms with Crippen LogP contribution >= 0.6 is 0 Å². The number of ether oxygens (including phenoxy) is 1. The summed E-state index contributed by atoms with van der Waals surface area (Å²) in [5.74, 6) is 2.13. The first-order valence-corrected chi connectivity index (χ1v) is 11.6. The quantitative estimate of drug-likeness (QED) is 0.718. The average molecular weight is 440 g/mol. The second-order valence-electron chi connectivity index (χ2n) is 8.50. The van der Waals surface area contributed by atoms with Gasteiger partial charge in [0, 0.05) is 64.7 Å². The van der Waals surface area contributed by atoms with Gasteiger partial charge in [0.1, 0.15) is 11.6 Å². The van der Waals surface area contributed by atoms with Gasteiger partial charge >= 0.3 is 6.03 Å². The maximum Gasteiger partial charge on any atom is 0.317 e. The molecule has 0 unspecified atom stereocenters. The fourth-order valence-corrected chi connectivity index (χ4v) is 4.36. The van der Waals surface area contributed by atoms with E-state index in [9.17, 15) is 9.59 Å². The summed E-state index contributed by atoms with van der Waals surface area (Å²) in [4.78, 5) is 33.4. The molecule has 8 heteroatoms. The van der Waals surface area contributed by atoms with Crippen LogP contribution in [0.3, 0.4) is 0 Å². The van der Waals surface area contributed by atoms with Gasteiger partial charge in [-0.05, 0) is 37.0 Å². The Morgan fingerprint density at radius 1 is 1.00 bits per heavy atom. The Kier molecular flexibility index (Phi) is 7.29. The number of carbonyl (C=O) groups excluding carboxylic acids is 2. The number of hydrogen-bond acceptors (Lipinski definition) is 4. The molecule has 1 aromatic carbocycles. The molecular formula is C24H33N5O3. The lowest BCUT2D eigenvalue weighted by molar-refractivity contribution is -0.132. The summed E-state index contributed by atoms with van der Waals surface area (Å²) in [7, 11) is 1.64. The molecule has 2 aromatic rings. The van der Waals surface area contributed by atoms with E-state index >= 15 is 0 Å². The zero-order chi connectivity index (χ0) is 22.3. The maximum atomic E-state index is 12.6. The lowest BCUT2D eigenvalue weighted by Crippen LogP contribution is -2.53. The number of urea groups is 1. The monoisotopic (exact) mass is 439 g/mol. The predicted molar refractivity (Wildman–Crippen MR) is 122 cm³/mol. The highest BCUT2D eigenvalue weighted by atomic mass is 16.5. The zero-order valence-corrected chi connectivity index (χ0v) is 18.9. The van der Waals surface area contributed by atoms with Gasteiger partial charge in [0.2, 0.25) is 5.91 Å². The van der Waals surface area contributed by atoms with Gasteiger partial charge in [0.05, 0.1) is 12.8 Å². The van der Waals surface area contributed by atoms with Gasteiger partial charge in [-0.3, -0.25) is 4.79 Å². The van der Waals surface area contributed by atoms with E-state index in [4.69, 9.17) is 4.74 Å². The number of fused-ring (bicyclic) bond motifs is 1. The molecule has 1 N–H and O–H groups in total. The molecular weight excluding hydrogens is 406 g/mol. The molecule has 0 spiro atoms. The first-order valence-electron chi connectivity index (χ1n) is 11.6. The lowest BCUT2D eigenvalue weighted by atomic mass is 10.1. The Hall–Kier alpha value is -3.03. The molecule has 8 nitrogen and oxygen atoms in total. The molecule has 1 saturated heterocycles. The minimum Gasteiger partial charge on any atom is -0.497 e. The molecule has 3 amide bonds. The average Bonchev–Trinajstić information content (AvgIpc) is 3.25. The largest absolute Gasteiger partial charge is 0.497 e. The molecule has 172 valence electrons. The van der Waals surface area contributed by atoms with Crippen LogP contribution in [-0.4, -0.2) is 71.1 Å². The fraction of sp³-hybridized carbons (Fsp3) is 0.542. The molecule has 2 aliphatic rings. The first kappa shape index (κ1) is 22.2. The molecule has 32 heavy (non-hydrogen) atoms. The summed E-state index contributed by atoms with van der Waals surface area (Å²) in [6.07, 6.45) is 7.54. The zero-order valence-electron chi connectivity index (χ0n) is 18.9. The first-order chi connectivity index (χ1) is 15.6. The standard InChI is InChI=1S/C24H33N5O3/c1-32-21-8-5-19(6-9-21)7-10-23(30)27-14-16-28(17-15-27)24(31)25-12-11-20-18-29-13-3-2-4-22(29)26-20/h5-6,8-9,18H,2-4,7,10-17H2,1H3,(H,25,31). The van der Waals surface area contributed by atoms with Crippen LogP contribution in [0.4, 0.5) is 4.79 Å². The number of rotatable bonds is 7. The number of nitrogens with one attached hydrogen (secondary N) is 1. The van der Waals surface area contributed by atoms with Crippen molar-refractivity contribution in [2.24, 2.45) is 0 Å². The smallest absolute Gasteiger partial charge is 0.317 e. The van der Waals surface area contributed by atoms with Gasteiger partial charge in [-0.2, -0.15) is 0 Å². The van der Waals surface area contributed by atoms with Gasteiger partial charge in [0.25, 0.3) is 0 Å².